The molecule has 0 spiro atoms. The van der Waals surface area contributed by atoms with Gasteiger partial charge in [-0.2, -0.15) is 0 Å². The minimum absolute atomic E-state index is 0.322. The van der Waals surface area contributed by atoms with Crippen LogP contribution in [0.2, 0.25) is 0 Å². The molecule has 0 aromatic rings. The Hall–Kier alpha value is -0.610. The number of nitrogens with zero attached hydrogens (tertiary/aromatic N) is 2. The first-order valence-corrected chi connectivity index (χ1v) is 8.31. The highest BCUT2D eigenvalue weighted by molar-refractivity contribution is 5.78. The van der Waals surface area contributed by atoms with Crippen LogP contribution < -0.4 is 5.32 Å². The number of carbonyl (C=O) groups excluding carboxylic acids is 1. The number of nitrogens with one attached hydrogen (secondary N) is 1. The van der Waals surface area contributed by atoms with E-state index in [1.807, 2.05) is 0 Å². The highest BCUT2D eigenvalue weighted by atomic mass is 16.2. The number of piperidine rings is 1. The Kier molecular flexibility index (Phi) is 5.85. The minimum Gasteiger partial charge on any atom is -0.341 e. The molecular formula is C16H31N3O. The minimum atomic E-state index is 0.322. The summed E-state index contributed by atoms with van der Waals surface area (Å²) in [6.45, 7) is 11.3. The van der Waals surface area contributed by atoms with Gasteiger partial charge in [0.05, 0.1) is 6.54 Å². The van der Waals surface area contributed by atoms with Crippen LogP contribution in [0.1, 0.15) is 46.5 Å². The molecule has 2 saturated heterocycles. The fourth-order valence-corrected chi connectivity index (χ4v) is 3.34. The van der Waals surface area contributed by atoms with Gasteiger partial charge in [-0.1, -0.05) is 6.92 Å². The second kappa shape index (κ2) is 7.41. The summed E-state index contributed by atoms with van der Waals surface area (Å²) in [5, 5.41) is 3.54. The largest absolute Gasteiger partial charge is 0.341 e. The molecule has 2 atom stereocenters. The van der Waals surface area contributed by atoms with Gasteiger partial charge in [-0.15, -0.1) is 0 Å². The average molecular weight is 281 g/mol. The second-order valence-corrected chi connectivity index (χ2v) is 6.90. The second-order valence-electron chi connectivity index (χ2n) is 6.90. The number of hydrogen-bond acceptors (Lipinski definition) is 3. The number of rotatable bonds is 5. The fraction of sp³-hybridized carbons (Fsp3) is 0.938. The summed E-state index contributed by atoms with van der Waals surface area (Å²) in [7, 11) is 0. The van der Waals surface area contributed by atoms with Crippen LogP contribution in [0.25, 0.3) is 0 Å². The molecular weight excluding hydrogens is 250 g/mol. The zero-order valence-electron chi connectivity index (χ0n) is 13.4. The van der Waals surface area contributed by atoms with Crippen LogP contribution in [-0.2, 0) is 4.79 Å². The van der Waals surface area contributed by atoms with Crippen molar-refractivity contribution < 1.29 is 4.79 Å². The lowest BCUT2D eigenvalue weighted by atomic mass is 10.0. The summed E-state index contributed by atoms with van der Waals surface area (Å²) in [5.74, 6) is 0.986. The highest BCUT2D eigenvalue weighted by Gasteiger charge is 2.25. The van der Waals surface area contributed by atoms with E-state index in [0.29, 0.717) is 30.5 Å². The maximum Gasteiger partial charge on any atom is 0.236 e. The first-order chi connectivity index (χ1) is 9.56. The van der Waals surface area contributed by atoms with Crippen LogP contribution in [0.15, 0.2) is 0 Å². The van der Waals surface area contributed by atoms with Crippen molar-refractivity contribution in [1.29, 1.82) is 0 Å². The Balaban J connectivity index is 1.84. The van der Waals surface area contributed by atoms with Gasteiger partial charge in [-0.05, 0) is 52.0 Å². The fourth-order valence-electron chi connectivity index (χ4n) is 3.34. The van der Waals surface area contributed by atoms with Crippen molar-refractivity contribution in [3.63, 3.8) is 0 Å². The number of likely N-dealkylation sites (tertiary alicyclic amines) is 1. The van der Waals surface area contributed by atoms with Crippen LogP contribution >= 0.6 is 0 Å². The molecule has 0 aromatic heterocycles. The molecule has 2 rings (SSSR count). The van der Waals surface area contributed by atoms with E-state index in [2.05, 4.69) is 35.9 Å². The normalized spacial score (nSPS) is 27.6. The molecule has 1 N–H and O–H groups in total. The van der Waals surface area contributed by atoms with Gasteiger partial charge in [-0.25, -0.2) is 0 Å². The maximum atomic E-state index is 12.5. The van der Waals surface area contributed by atoms with Gasteiger partial charge in [0.25, 0.3) is 0 Å². The topological polar surface area (TPSA) is 35.6 Å². The predicted octanol–water partition coefficient (Wildman–Crippen LogP) is 1.71. The van der Waals surface area contributed by atoms with Crippen molar-refractivity contribution in [3.8, 4) is 0 Å². The van der Waals surface area contributed by atoms with Crippen LogP contribution in [-0.4, -0.2) is 60.5 Å². The summed E-state index contributed by atoms with van der Waals surface area (Å²) in [4.78, 5) is 16.9. The maximum absolute atomic E-state index is 12.5. The van der Waals surface area contributed by atoms with Crippen molar-refractivity contribution in [1.82, 2.24) is 15.1 Å². The van der Waals surface area contributed by atoms with Gasteiger partial charge in [-0.3, -0.25) is 9.69 Å². The Labute approximate surface area is 123 Å². The third-order valence-corrected chi connectivity index (χ3v) is 4.70. The van der Waals surface area contributed by atoms with Gasteiger partial charge >= 0.3 is 0 Å². The lowest BCUT2D eigenvalue weighted by Crippen LogP contribution is -2.49. The van der Waals surface area contributed by atoms with E-state index in [1.165, 1.54) is 25.7 Å². The standard InChI is InChI=1S/C16H31N3O/c1-13(2)19(11-15-7-4-8-17-15)12-16(20)18-9-5-6-14(3)10-18/h13-15,17H,4-12H2,1-3H3. The molecule has 2 fully saturated rings. The van der Waals surface area contributed by atoms with E-state index in [-0.39, 0.29) is 0 Å². The predicted molar refractivity (Wildman–Crippen MR) is 82.7 cm³/mol. The Morgan fingerprint density at radius 3 is 2.75 bits per heavy atom. The van der Waals surface area contributed by atoms with Crippen LogP contribution in [0.3, 0.4) is 0 Å². The molecule has 20 heavy (non-hydrogen) atoms. The van der Waals surface area contributed by atoms with Gasteiger partial charge < -0.3 is 10.2 Å². The molecule has 0 radical (unpaired) electrons. The smallest absolute Gasteiger partial charge is 0.236 e. The van der Waals surface area contributed by atoms with Gasteiger partial charge in [0.2, 0.25) is 5.91 Å². The summed E-state index contributed by atoms with van der Waals surface area (Å²) in [6, 6.07) is 1.01. The van der Waals surface area contributed by atoms with Crippen molar-refractivity contribution in [3.05, 3.63) is 0 Å². The van der Waals surface area contributed by atoms with Crippen molar-refractivity contribution in [2.24, 2.45) is 5.92 Å². The zero-order valence-corrected chi connectivity index (χ0v) is 13.4. The van der Waals surface area contributed by atoms with E-state index in [4.69, 9.17) is 0 Å². The Bertz CT molecular complexity index is 313. The quantitative estimate of drug-likeness (QED) is 0.833. The first kappa shape index (κ1) is 15.8. The van der Waals surface area contributed by atoms with Crippen molar-refractivity contribution >= 4 is 5.91 Å². The van der Waals surface area contributed by atoms with E-state index in [9.17, 15) is 4.79 Å². The first-order valence-electron chi connectivity index (χ1n) is 8.31. The van der Waals surface area contributed by atoms with E-state index >= 15 is 0 Å². The zero-order chi connectivity index (χ0) is 14.5. The Morgan fingerprint density at radius 1 is 1.35 bits per heavy atom. The number of amides is 1. The third kappa shape index (κ3) is 4.45. The van der Waals surface area contributed by atoms with Crippen LogP contribution in [0, 0.1) is 5.92 Å². The molecule has 4 heteroatoms. The average Bonchev–Trinajstić information content (AvgIpc) is 2.90. The van der Waals surface area contributed by atoms with Crippen molar-refractivity contribution in [2.75, 3.05) is 32.7 Å². The summed E-state index contributed by atoms with van der Waals surface area (Å²) >= 11 is 0. The van der Waals surface area contributed by atoms with E-state index in [1.54, 1.807) is 0 Å². The monoisotopic (exact) mass is 281 g/mol. The van der Waals surface area contributed by atoms with E-state index in [0.717, 1.165) is 26.2 Å². The molecule has 0 saturated carbocycles. The summed E-state index contributed by atoms with van der Waals surface area (Å²) in [5.41, 5.74) is 0. The molecule has 0 aliphatic carbocycles. The van der Waals surface area contributed by atoms with Gasteiger partial charge in [0, 0.05) is 31.7 Å². The number of carbonyl (C=O) groups is 1. The van der Waals surface area contributed by atoms with E-state index < -0.39 is 0 Å². The Morgan fingerprint density at radius 2 is 2.15 bits per heavy atom. The molecule has 2 unspecified atom stereocenters. The molecule has 4 nitrogen and oxygen atoms in total. The van der Waals surface area contributed by atoms with Gasteiger partial charge in [0.15, 0.2) is 0 Å². The van der Waals surface area contributed by atoms with Crippen LogP contribution in [0.5, 0.6) is 0 Å². The van der Waals surface area contributed by atoms with Crippen molar-refractivity contribution in [2.45, 2.75) is 58.5 Å². The lowest BCUT2D eigenvalue weighted by molar-refractivity contribution is -0.134. The summed E-state index contributed by atoms with van der Waals surface area (Å²) in [6.07, 6.45) is 4.95. The molecule has 0 bridgehead atoms. The number of hydrogen-bond donors (Lipinski definition) is 1. The summed E-state index contributed by atoms with van der Waals surface area (Å²) < 4.78 is 0. The highest BCUT2D eigenvalue weighted by Crippen LogP contribution is 2.16. The SMILES string of the molecule is CC1CCCN(C(=O)CN(CC2CCCN2)C(C)C)C1. The molecule has 2 aliphatic heterocycles. The molecule has 116 valence electrons. The molecule has 2 aliphatic rings. The lowest BCUT2D eigenvalue weighted by Gasteiger charge is -2.35. The molecule has 2 heterocycles. The third-order valence-electron chi connectivity index (χ3n) is 4.70. The molecule has 0 aromatic carbocycles. The molecule has 1 amide bonds. The van der Waals surface area contributed by atoms with Crippen LogP contribution in [0.4, 0.5) is 0 Å². The van der Waals surface area contributed by atoms with Gasteiger partial charge in [0.1, 0.15) is 0 Å².